The lowest BCUT2D eigenvalue weighted by molar-refractivity contribution is -0.137. The molecule has 0 spiro atoms. The Morgan fingerprint density at radius 1 is 1.14 bits per heavy atom. The number of hydrogen-bond donors (Lipinski definition) is 2. The van der Waals surface area contributed by atoms with E-state index < -0.39 is 35.0 Å². The zero-order valence-corrected chi connectivity index (χ0v) is 11.9. The van der Waals surface area contributed by atoms with Gasteiger partial charge in [-0.05, 0) is 20.3 Å². The first kappa shape index (κ1) is 17.2. The number of allylic oxidation sites excluding steroid dienone is 1. The Kier molecular flexibility index (Phi) is 5.29. The molecule has 8 heteroatoms. The molecular formula is C14H14N2O6. The van der Waals surface area contributed by atoms with Gasteiger partial charge in [0.1, 0.15) is 0 Å². The molecule has 2 N–H and O–H groups in total. The summed E-state index contributed by atoms with van der Waals surface area (Å²) in [4.78, 5) is 51.2. The molecule has 0 amide bonds. The average Bonchev–Trinajstić information content (AvgIpc) is 2.46. The molecule has 2 atom stereocenters. The van der Waals surface area contributed by atoms with E-state index in [1.807, 2.05) is 0 Å². The van der Waals surface area contributed by atoms with Crippen LogP contribution in [-0.2, 0) is 19.2 Å². The fourth-order valence-corrected chi connectivity index (χ4v) is 2.74. The monoisotopic (exact) mass is 306 g/mol. The maximum atomic E-state index is 11.7. The van der Waals surface area contributed by atoms with Gasteiger partial charge in [0.05, 0.1) is 28.6 Å². The minimum atomic E-state index is -1.55. The van der Waals surface area contributed by atoms with Crippen molar-refractivity contribution in [2.75, 3.05) is 0 Å². The number of aliphatic carboxylic acids is 2. The van der Waals surface area contributed by atoms with Crippen molar-refractivity contribution < 1.29 is 29.4 Å². The highest BCUT2D eigenvalue weighted by Crippen LogP contribution is 2.45. The molecule has 116 valence electrons. The molecule has 0 aromatic carbocycles. The van der Waals surface area contributed by atoms with Crippen molar-refractivity contribution in [3.63, 3.8) is 0 Å². The lowest BCUT2D eigenvalue weighted by atomic mass is 9.65. The van der Waals surface area contributed by atoms with Gasteiger partial charge in [-0.2, -0.15) is 0 Å². The molecule has 2 unspecified atom stereocenters. The third kappa shape index (κ3) is 2.79. The predicted octanol–water partition coefficient (Wildman–Crippen LogP) is 0.847. The Hall–Kier alpha value is -2.82. The molecule has 0 heterocycles. The van der Waals surface area contributed by atoms with Crippen LogP contribution in [0.4, 0.5) is 0 Å². The SMILES string of the molecule is CC(N=C=O)C1(C(C)N=C=O)C=CCC(C(=O)O)=C1C(=O)O. The summed E-state index contributed by atoms with van der Waals surface area (Å²) in [7, 11) is 0. The van der Waals surface area contributed by atoms with Gasteiger partial charge >= 0.3 is 11.9 Å². The fourth-order valence-electron chi connectivity index (χ4n) is 2.74. The van der Waals surface area contributed by atoms with E-state index in [0.717, 1.165) is 0 Å². The lowest BCUT2D eigenvalue weighted by Gasteiger charge is -2.39. The first-order valence-corrected chi connectivity index (χ1v) is 6.34. The van der Waals surface area contributed by atoms with E-state index in [9.17, 15) is 29.4 Å². The van der Waals surface area contributed by atoms with E-state index in [1.54, 1.807) is 0 Å². The fraction of sp³-hybridized carbons (Fsp3) is 0.429. The van der Waals surface area contributed by atoms with Crippen LogP contribution >= 0.6 is 0 Å². The van der Waals surface area contributed by atoms with Gasteiger partial charge in [-0.25, -0.2) is 29.2 Å². The van der Waals surface area contributed by atoms with Crippen LogP contribution in [0, 0.1) is 5.41 Å². The Morgan fingerprint density at radius 2 is 1.64 bits per heavy atom. The normalized spacial score (nSPS) is 23.0. The van der Waals surface area contributed by atoms with Crippen LogP contribution in [0.1, 0.15) is 20.3 Å². The average molecular weight is 306 g/mol. The van der Waals surface area contributed by atoms with Gasteiger partial charge in [0, 0.05) is 0 Å². The quantitative estimate of drug-likeness (QED) is 0.424. The maximum Gasteiger partial charge on any atom is 0.333 e. The Bertz CT molecular complexity index is 626. The second-order valence-electron chi connectivity index (χ2n) is 4.80. The second kappa shape index (κ2) is 6.76. The van der Waals surface area contributed by atoms with E-state index in [4.69, 9.17) is 0 Å². The minimum absolute atomic E-state index is 0.0895. The van der Waals surface area contributed by atoms with Crippen molar-refractivity contribution in [1.82, 2.24) is 0 Å². The Morgan fingerprint density at radius 3 is 2.00 bits per heavy atom. The van der Waals surface area contributed by atoms with Crippen molar-refractivity contribution in [2.24, 2.45) is 15.4 Å². The summed E-state index contributed by atoms with van der Waals surface area (Å²) >= 11 is 0. The second-order valence-corrected chi connectivity index (χ2v) is 4.80. The summed E-state index contributed by atoms with van der Waals surface area (Å²) < 4.78 is 0. The lowest BCUT2D eigenvalue weighted by Crippen LogP contribution is -2.45. The standard InChI is InChI=1S/C14H14N2O6/c1-8(15-6-17)14(9(2)16-7-18)5-3-4-10(12(19)20)11(14)13(21)22/h3,5,8-9H,4H2,1-2H3,(H,19,20)(H,21,22). The number of carbonyl (C=O) groups excluding carboxylic acids is 2. The predicted molar refractivity (Wildman–Crippen MR) is 73.7 cm³/mol. The number of hydrogen-bond acceptors (Lipinski definition) is 6. The van der Waals surface area contributed by atoms with Crippen molar-refractivity contribution in [2.45, 2.75) is 32.4 Å². The topological polar surface area (TPSA) is 133 Å². The van der Waals surface area contributed by atoms with Crippen LogP contribution in [0.2, 0.25) is 0 Å². The summed E-state index contributed by atoms with van der Waals surface area (Å²) in [6.45, 7) is 2.86. The molecule has 1 rings (SSSR count). The van der Waals surface area contributed by atoms with Gasteiger partial charge in [-0.1, -0.05) is 12.2 Å². The maximum absolute atomic E-state index is 11.7. The van der Waals surface area contributed by atoms with Gasteiger partial charge in [0.2, 0.25) is 12.2 Å². The first-order chi connectivity index (χ1) is 10.3. The molecular weight excluding hydrogens is 292 g/mol. The third-order valence-corrected chi connectivity index (χ3v) is 3.80. The summed E-state index contributed by atoms with van der Waals surface area (Å²) in [5.74, 6) is -2.86. The van der Waals surface area contributed by atoms with Crippen LogP contribution in [0.3, 0.4) is 0 Å². The summed E-state index contributed by atoms with van der Waals surface area (Å²) in [5, 5.41) is 18.7. The summed E-state index contributed by atoms with van der Waals surface area (Å²) in [5.41, 5.74) is -2.33. The summed E-state index contributed by atoms with van der Waals surface area (Å²) in [6, 6.07) is -1.96. The highest BCUT2D eigenvalue weighted by atomic mass is 16.4. The van der Waals surface area contributed by atoms with E-state index in [-0.39, 0.29) is 12.0 Å². The Labute approximate surface area is 125 Å². The minimum Gasteiger partial charge on any atom is -0.478 e. The molecule has 0 radical (unpaired) electrons. The number of carboxylic acid groups (broad SMARTS) is 2. The molecule has 1 aliphatic carbocycles. The molecule has 0 aliphatic heterocycles. The van der Waals surface area contributed by atoms with Crippen molar-refractivity contribution in [1.29, 1.82) is 0 Å². The molecule has 0 aromatic rings. The molecule has 22 heavy (non-hydrogen) atoms. The van der Waals surface area contributed by atoms with Gasteiger partial charge in [0.15, 0.2) is 0 Å². The number of carboxylic acids is 2. The van der Waals surface area contributed by atoms with Gasteiger partial charge in [-0.3, -0.25) is 0 Å². The van der Waals surface area contributed by atoms with E-state index in [0.29, 0.717) is 0 Å². The number of carbonyl (C=O) groups is 2. The van der Waals surface area contributed by atoms with Crippen molar-refractivity contribution in [3.8, 4) is 0 Å². The van der Waals surface area contributed by atoms with Crippen LogP contribution in [0.25, 0.3) is 0 Å². The van der Waals surface area contributed by atoms with Crippen LogP contribution < -0.4 is 0 Å². The largest absolute Gasteiger partial charge is 0.478 e. The molecule has 8 nitrogen and oxygen atoms in total. The van der Waals surface area contributed by atoms with Crippen molar-refractivity contribution >= 4 is 24.1 Å². The van der Waals surface area contributed by atoms with Gasteiger partial charge in [-0.15, -0.1) is 0 Å². The number of rotatable bonds is 6. The highest BCUT2D eigenvalue weighted by Gasteiger charge is 2.49. The molecule has 1 aliphatic rings. The molecule has 0 bridgehead atoms. The highest BCUT2D eigenvalue weighted by molar-refractivity contribution is 6.01. The van der Waals surface area contributed by atoms with Crippen LogP contribution in [-0.4, -0.2) is 46.4 Å². The number of isocyanates is 2. The van der Waals surface area contributed by atoms with Crippen molar-refractivity contribution in [3.05, 3.63) is 23.3 Å². The summed E-state index contributed by atoms with van der Waals surface area (Å²) in [6.07, 6.45) is 5.46. The van der Waals surface area contributed by atoms with E-state index in [1.165, 1.54) is 38.2 Å². The third-order valence-electron chi connectivity index (χ3n) is 3.80. The molecule has 0 saturated carbocycles. The molecule has 0 fully saturated rings. The Balaban J connectivity index is 3.78. The van der Waals surface area contributed by atoms with Gasteiger partial charge < -0.3 is 10.2 Å². The number of nitrogens with zero attached hydrogens (tertiary/aromatic N) is 2. The van der Waals surface area contributed by atoms with E-state index in [2.05, 4.69) is 9.98 Å². The van der Waals surface area contributed by atoms with E-state index >= 15 is 0 Å². The zero-order chi connectivity index (χ0) is 16.9. The van der Waals surface area contributed by atoms with Crippen LogP contribution in [0.5, 0.6) is 0 Å². The molecule has 0 aromatic heterocycles. The first-order valence-electron chi connectivity index (χ1n) is 6.34. The molecule has 0 saturated heterocycles. The number of aliphatic imine (C=N–C) groups is 2. The van der Waals surface area contributed by atoms with Gasteiger partial charge in [0.25, 0.3) is 0 Å². The zero-order valence-electron chi connectivity index (χ0n) is 11.9. The smallest absolute Gasteiger partial charge is 0.333 e. The van der Waals surface area contributed by atoms with Crippen LogP contribution in [0.15, 0.2) is 33.3 Å².